The minimum atomic E-state index is -0.177. The average molecular weight is 289 g/mol. The van der Waals surface area contributed by atoms with Crippen molar-refractivity contribution in [3.05, 3.63) is 65.0 Å². The molecule has 106 valence electrons. The molecule has 3 heteroatoms. The number of thioether (sulfide) groups is 1. The molecule has 0 bridgehead atoms. The Bertz CT molecular complexity index is 545. The molecule has 0 aliphatic heterocycles. The van der Waals surface area contributed by atoms with Crippen molar-refractivity contribution >= 4 is 11.8 Å². The van der Waals surface area contributed by atoms with Crippen molar-refractivity contribution in [2.75, 3.05) is 12.8 Å². The third kappa shape index (κ3) is 3.62. The van der Waals surface area contributed by atoms with E-state index in [-0.39, 0.29) is 11.9 Å². The molecular formula is C17H20FNS. The van der Waals surface area contributed by atoms with Crippen molar-refractivity contribution in [1.29, 1.82) is 0 Å². The summed E-state index contributed by atoms with van der Waals surface area (Å²) in [6.45, 7) is 4.83. The van der Waals surface area contributed by atoms with Crippen molar-refractivity contribution in [2.45, 2.75) is 24.8 Å². The summed E-state index contributed by atoms with van der Waals surface area (Å²) in [5.41, 5.74) is 3.08. The number of hydrogen-bond acceptors (Lipinski definition) is 2. The minimum absolute atomic E-state index is 0.0327. The monoisotopic (exact) mass is 289 g/mol. The molecule has 0 aliphatic rings. The van der Waals surface area contributed by atoms with E-state index in [1.165, 1.54) is 4.90 Å². The van der Waals surface area contributed by atoms with E-state index in [4.69, 9.17) is 0 Å². The lowest BCUT2D eigenvalue weighted by molar-refractivity contribution is 0.601. The Morgan fingerprint density at radius 3 is 2.35 bits per heavy atom. The average Bonchev–Trinajstić information content (AvgIpc) is 2.44. The molecule has 1 N–H and O–H groups in total. The van der Waals surface area contributed by atoms with Crippen LogP contribution in [0.5, 0.6) is 0 Å². The third-order valence-electron chi connectivity index (χ3n) is 3.26. The Balaban J connectivity index is 2.38. The number of nitrogens with one attached hydrogen (secondary N) is 1. The van der Waals surface area contributed by atoms with E-state index in [2.05, 4.69) is 42.8 Å². The molecule has 0 radical (unpaired) electrons. The van der Waals surface area contributed by atoms with Gasteiger partial charge in [-0.05, 0) is 60.7 Å². The molecule has 2 aromatic carbocycles. The summed E-state index contributed by atoms with van der Waals surface area (Å²) in [4.78, 5) is 1.24. The van der Waals surface area contributed by atoms with Crippen LogP contribution < -0.4 is 5.32 Å². The maximum absolute atomic E-state index is 13.6. The molecule has 0 aromatic heterocycles. The quantitative estimate of drug-likeness (QED) is 0.810. The van der Waals surface area contributed by atoms with Gasteiger partial charge in [-0.2, -0.15) is 0 Å². The molecule has 20 heavy (non-hydrogen) atoms. The molecular weight excluding hydrogens is 269 g/mol. The van der Waals surface area contributed by atoms with Crippen LogP contribution in [0, 0.1) is 12.7 Å². The maximum Gasteiger partial charge on any atom is 0.123 e. The van der Waals surface area contributed by atoms with Crippen LogP contribution in [-0.4, -0.2) is 12.8 Å². The van der Waals surface area contributed by atoms with Crippen LogP contribution in [0.1, 0.15) is 29.7 Å². The van der Waals surface area contributed by atoms with E-state index in [1.807, 2.05) is 13.0 Å². The number of benzene rings is 2. The standard InChI is InChI=1S/C17H20FNS/c1-4-19-17(13-5-7-16(20-3)8-6-13)14-9-12(2)10-15(18)11-14/h5-11,17,19H,4H2,1-3H3. The number of rotatable bonds is 5. The zero-order valence-corrected chi connectivity index (χ0v) is 12.9. The lowest BCUT2D eigenvalue weighted by atomic mass is 9.97. The largest absolute Gasteiger partial charge is 0.307 e. The first kappa shape index (κ1) is 15.1. The van der Waals surface area contributed by atoms with E-state index in [0.29, 0.717) is 0 Å². The lowest BCUT2D eigenvalue weighted by Gasteiger charge is -2.20. The molecule has 0 amide bonds. The number of aryl methyl sites for hydroxylation is 1. The van der Waals surface area contributed by atoms with Gasteiger partial charge in [0.25, 0.3) is 0 Å². The Morgan fingerprint density at radius 1 is 1.10 bits per heavy atom. The molecule has 0 fully saturated rings. The van der Waals surface area contributed by atoms with E-state index in [9.17, 15) is 4.39 Å². The first-order valence-corrected chi connectivity index (χ1v) is 8.01. The predicted octanol–water partition coefficient (Wildman–Crippen LogP) is 4.55. The second kappa shape index (κ2) is 6.91. The summed E-state index contributed by atoms with van der Waals surface area (Å²) >= 11 is 1.72. The molecule has 0 aliphatic carbocycles. The molecule has 1 unspecified atom stereocenters. The highest BCUT2D eigenvalue weighted by atomic mass is 32.2. The van der Waals surface area contributed by atoms with Crippen LogP contribution in [0.4, 0.5) is 4.39 Å². The lowest BCUT2D eigenvalue weighted by Crippen LogP contribution is -2.22. The smallest absolute Gasteiger partial charge is 0.123 e. The van der Waals surface area contributed by atoms with Gasteiger partial charge in [0.2, 0.25) is 0 Å². The summed E-state index contributed by atoms with van der Waals surface area (Å²) < 4.78 is 13.6. The first-order valence-electron chi connectivity index (χ1n) is 6.78. The van der Waals surface area contributed by atoms with Gasteiger partial charge in [-0.1, -0.05) is 25.1 Å². The summed E-state index contributed by atoms with van der Waals surface area (Å²) in [6.07, 6.45) is 2.06. The van der Waals surface area contributed by atoms with Gasteiger partial charge in [-0.25, -0.2) is 4.39 Å². The van der Waals surface area contributed by atoms with Crippen LogP contribution >= 0.6 is 11.8 Å². The van der Waals surface area contributed by atoms with E-state index in [1.54, 1.807) is 23.9 Å². The summed E-state index contributed by atoms with van der Waals surface area (Å²) in [6, 6.07) is 13.7. The van der Waals surface area contributed by atoms with Crippen molar-refractivity contribution < 1.29 is 4.39 Å². The van der Waals surface area contributed by atoms with Gasteiger partial charge in [0.15, 0.2) is 0 Å². The molecule has 0 saturated heterocycles. The number of hydrogen-bond donors (Lipinski definition) is 1. The second-order valence-electron chi connectivity index (χ2n) is 4.83. The van der Waals surface area contributed by atoms with Crippen LogP contribution in [0.2, 0.25) is 0 Å². The minimum Gasteiger partial charge on any atom is -0.307 e. The van der Waals surface area contributed by atoms with Crippen LogP contribution in [-0.2, 0) is 0 Å². The fourth-order valence-electron chi connectivity index (χ4n) is 2.36. The summed E-state index contributed by atoms with van der Waals surface area (Å²) in [5, 5.41) is 3.43. The van der Waals surface area contributed by atoms with Crippen LogP contribution in [0.3, 0.4) is 0 Å². The molecule has 1 nitrogen and oxygen atoms in total. The topological polar surface area (TPSA) is 12.0 Å². The van der Waals surface area contributed by atoms with Gasteiger partial charge in [-0.3, -0.25) is 0 Å². The predicted molar refractivity (Wildman–Crippen MR) is 84.9 cm³/mol. The Kier molecular flexibility index (Phi) is 5.21. The highest BCUT2D eigenvalue weighted by molar-refractivity contribution is 7.98. The zero-order chi connectivity index (χ0) is 14.5. The molecule has 2 aromatic rings. The highest BCUT2D eigenvalue weighted by Crippen LogP contribution is 2.25. The fraction of sp³-hybridized carbons (Fsp3) is 0.294. The van der Waals surface area contributed by atoms with Crippen molar-refractivity contribution in [3.63, 3.8) is 0 Å². The Hall–Kier alpha value is -1.32. The van der Waals surface area contributed by atoms with Gasteiger partial charge in [0.05, 0.1) is 6.04 Å². The Labute approximate surface area is 124 Å². The second-order valence-corrected chi connectivity index (χ2v) is 5.71. The van der Waals surface area contributed by atoms with Crippen molar-refractivity contribution in [3.8, 4) is 0 Å². The van der Waals surface area contributed by atoms with E-state index < -0.39 is 0 Å². The SMILES string of the molecule is CCNC(c1ccc(SC)cc1)c1cc(C)cc(F)c1. The zero-order valence-electron chi connectivity index (χ0n) is 12.1. The number of halogens is 1. The third-order valence-corrected chi connectivity index (χ3v) is 4.00. The van der Waals surface area contributed by atoms with E-state index >= 15 is 0 Å². The van der Waals surface area contributed by atoms with Gasteiger partial charge in [-0.15, -0.1) is 11.8 Å². The maximum atomic E-state index is 13.6. The van der Waals surface area contributed by atoms with Gasteiger partial charge >= 0.3 is 0 Å². The summed E-state index contributed by atoms with van der Waals surface area (Å²) in [5.74, 6) is -0.177. The molecule has 2 rings (SSSR count). The first-order chi connectivity index (χ1) is 9.63. The molecule has 0 heterocycles. The molecule has 0 spiro atoms. The Morgan fingerprint density at radius 2 is 1.80 bits per heavy atom. The van der Waals surface area contributed by atoms with Crippen molar-refractivity contribution in [1.82, 2.24) is 5.32 Å². The molecule has 1 atom stereocenters. The van der Waals surface area contributed by atoms with Gasteiger partial charge < -0.3 is 5.32 Å². The van der Waals surface area contributed by atoms with Crippen molar-refractivity contribution in [2.24, 2.45) is 0 Å². The van der Waals surface area contributed by atoms with Gasteiger partial charge in [0.1, 0.15) is 5.82 Å². The fourth-order valence-corrected chi connectivity index (χ4v) is 2.77. The van der Waals surface area contributed by atoms with Gasteiger partial charge in [0, 0.05) is 4.90 Å². The normalized spacial score (nSPS) is 12.4. The van der Waals surface area contributed by atoms with Crippen LogP contribution in [0.25, 0.3) is 0 Å². The van der Waals surface area contributed by atoms with Crippen LogP contribution in [0.15, 0.2) is 47.4 Å². The highest BCUT2D eigenvalue weighted by Gasteiger charge is 2.14. The van der Waals surface area contributed by atoms with E-state index in [0.717, 1.165) is 23.2 Å². The summed E-state index contributed by atoms with van der Waals surface area (Å²) in [7, 11) is 0. The molecule has 0 saturated carbocycles.